The summed E-state index contributed by atoms with van der Waals surface area (Å²) in [6, 6.07) is 8.45. The first-order valence-corrected chi connectivity index (χ1v) is 9.30. The Morgan fingerprint density at radius 3 is 2.33 bits per heavy atom. The van der Waals surface area contributed by atoms with Crippen molar-refractivity contribution in [2.45, 2.75) is 52.1 Å². The van der Waals surface area contributed by atoms with Crippen molar-refractivity contribution in [3.05, 3.63) is 34.9 Å². The molecule has 0 radical (unpaired) electrons. The second kappa shape index (κ2) is 8.84. The molecule has 1 aromatic carbocycles. The van der Waals surface area contributed by atoms with Gasteiger partial charge in [0, 0.05) is 24.2 Å². The second-order valence-corrected chi connectivity index (χ2v) is 7.29. The summed E-state index contributed by atoms with van der Waals surface area (Å²) in [5, 5.41) is 13.8. The van der Waals surface area contributed by atoms with Crippen LogP contribution in [0, 0.1) is 5.41 Å². The van der Waals surface area contributed by atoms with Crippen LogP contribution in [0.15, 0.2) is 24.3 Å². The number of hydrogen-bond donors (Lipinski definition) is 2. The van der Waals surface area contributed by atoms with E-state index in [4.69, 9.17) is 11.6 Å². The zero-order valence-corrected chi connectivity index (χ0v) is 15.5. The minimum absolute atomic E-state index is 0.420. The lowest BCUT2D eigenvalue weighted by atomic mass is 9.82. The van der Waals surface area contributed by atoms with Crippen LogP contribution in [0.1, 0.15) is 45.1 Å². The fourth-order valence-corrected chi connectivity index (χ4v) is 3.49. The Kier molecular flexibility index (Phi) is 7.08. The highest BCUT2D eigenvalue weighted by molar-refractivity contribution is 6.30. The van der Waals surface area contributed by atoms with Crippen LogP contribution in [-0.2, 0) is 11.3 Å². The lowest BCUT2D eigenvalue weighted by Crippen LogP contribution is -2.48. The van der Waals surface area contributed by atoms with E-state index in [9.17, 15) is 9.90 Å². The van der Waals surface area contributed by atoms with Crippen LogP contribution in [0.4, 0.5) is 0 Å². The summed E-state index contributed by atoms with van der Waals surface area (Å²) in [7, 11) is 0. The lowest BCUT2D eigenvalue weighted by molar-refractivity contribution is -0.149. The molecule has 2 N–H and O–H groups in total. The summed E-state index contributed by atoms with van der Waals surface area (Å²) in [5.74, 6) is -0.680. The van der Waals surface area contributed by atoms with Crippen molar-refractivity contribution in [2.24, 2.45) is 5.41 Å². The number of nitrogens with zero attached hydrogens (tertiary/aromatic N) is 1. The minimum Gasteiger partial charge on any atom is -0.481 e. The molecule has 0 atom stereocenters. The van der Waals surface area contributed by atoms with E-state index in [1.807, 2.05) is 26.0 Å². The van der Waals surface area contributed by atoms with Crippen molar-refractivity contribution in [3.63, 3.8) is 0 Å². The highest BCUT2D eigenvalue weighted by atomic mass is 35.5. The van der Waals surface area contributed by atoms with Gasteiger partial charge in [-0.3, -0.25) is 9.69 Å². The molecule has 4 nitrogen and oxygen atoms in total. The molecule has 1 aromatic rings. The molecule has 24 heavy (non-hydrogen) atoms. The van der Waals surface area contributed by atoms with Crippen LogP contribution in [0.2, 0.25) is 5.02 Å². The Morgan fingerprint density at radius 2 is 1.83 bits per heavy atom. The molecule has 0 saturated carbocycles. The topological polar surface area (TPSA) is 52.6 Å². The molecule has 5 heteroatoms. The lowest BCUT2D eigenvalue weighted by Gasteiger charge is -2.35. The fourth-order valence-electron chi connectivity index (χ4n) is 3.36. The number of carboxylic acid groups (broad SMARTS) is 1. The molecule has 0 amide bonds. The van der Waals surface area contributed by atoms with Crippen molar-refractivity contribution in [1.29, 1.82) is 0 Å². The molecule has 0 bridgehead atoms. The van der Waals surface area contributed by atoms with Gasteiger partial charge in [0.2, 0.25) is 0 Å². The molecular weight excluding hydrogens is 324 g/mol. The number of piperidine rings is 1. The van der Waals surface area contributed by atoms with Crippen LogP contribution >= 0.6 is 11.6 Å². The number of likely N-dealkylation sites (tertiary alicyclic amines) is 1. The number of benzene rings is 1. The van der Waals surface area contributed by atoms with Crippen LogP contribution in [-0.4, -0.2) is 41.7 Å². The second-order valence-electron chi connectivity index (χ2n) is 6.85. The van der Waals surface area contributed by atoms with Gasteiger partial charge in [-0.2, -0.15) is 0 Å². The van der Waals surface area contributed by atoms with Crippen molar-refractivity contribution in [2.75, 3.05) is 19.6 Å². The molecule has 2 rings (SSSR count). The average Bonchev–Trinajstić information content (AvgIpc) is 2.59. The van der Waals surface area contributed by atoms with E-state index in [1.54, 1.807) is 0 Å². The van der Waals surface area contributed by atoms with Gasteiger partial charge in [0.1, 0.15) is 0 Å². The van der Waals surface area contributed by atoms with Crippen LogP contribution in [0.5, 0.6) is 0 Å². The summed E-state index contributed by atoms with van der Waals surface area (Å²) in [5.41, 5.74) is 0.660. The van der Waals surface area contributed by atoms with E-state index in [0.717, 1.165) is 37.5 Å². The molecular formula is C19H29ClN2O2. The zero-order chi connectivity index (χ0) is 17.6. The Balaban J connectivity index is 1.78. The van der Waals surface area contributed by atoms with Crippen molar-refractivity contribution in [1.82, 2.24) is 10.2 Å². The SMILES string of the molecule is CCC(CC)(CNC1CCN(Cc2ccc(Cl)cc2)CC1)C(=O)O. The number of carboxylic acids is 1. The van der Waals surface area contributed by atoms with E-state index in [2.05, 4.69) is 22.3 Å². The van der Waals surface area contributed by atoms with Gasteiger partial charge in [-0.25, -0.2) is 0 Å². The number of nitrogens with one attached hydrogen (secondary N) is 1. The van der Waals surface area contributed by atoms with Gasteiger partial charge < -0.3 is 10.4 Å². The largest absolute Gasteiger partial charge is 0.481 e. The molecule has 1 heterocycles. The zero-order valence-electron chi connectivity index (χ0n) is 14.7. The maximum Gasteiger partial charge on any atom is 0.310 e. The van der Waals surface area contributed by atoms with Crippen molar-refractivity contribution in [3.8, 4) is 0 Å². The molecule has 0 aliphatic carbocycles. The fraction of sp³-hybridized carbons (Fsp3) is 0.632. The average molecular weight is 353 g/mol. The van der Waals surface area contributed by atoms with E-state index < -0.39 is 11.4 Å². The highest BCUT2D eigenvalue weighted by Crippen LogP contribution is 2.26. The quantitative estimate of drug-likeness (QED) is 0.747. The normalized spacial score (nSPS) is 17.1. The number of carbonyl (C=O) groups is 1. The maximum atomic E-state index is 11.6. The minimum atomic E-state index is -0.680. The number of aliphatic carboxylic acids is 1. The number of hydrogen-bond acceptors (Lipinski definition) is 3. The molecule has 1 fully saturated rings. The Hall–Kier alpha value is -1.10. The first-order chi connectivity index (χ1) is 11.5. The molecule has 0 aromatic heterocycles. The van der Waals surface area contributed by atoms with Crippen LogP contribution in [0.25, 0.3) is 0 Å². The summed E-state index contributed by atoms with van der Waals surface area (Å²) in [4.78, 5) is 14.0. The highest BCUT2D eigenvalue weighted by Gasteiger charge is 2.35. The third kappa shape index (κ3) is 4.95. The number of halogens is 1. The molecule has 1 saturated heterocycles. The van der Waals surface area contributed by atoms with Crippen molar-refractivity contribution >= 4 is 17.6 Å². The molecule has 134 valence electrons. The Morgan fingerprint density at radius 1 is 1.25 bits per heavy atom. The summed E-state index contributed by atoms with van der Waals surface area (Å²) in [6.07, 6.45) is 3.47. The summed E-state index contributed by atoms with van der Waals surface area (Å²) >= 11 is 5.93. The predicted molar refractivity (Wildman–Crippen MR) is 98.4 cm³/mol. The smallest absolute Gasteiger partial charge is 0.310 e. The molecule has 1 aliphatic heterocycles. The Bertz CT molecular complexity index is 521. The predicted octanol–water partition coefficient (Wildman–Crippen LogP) is 3.79. The van der Waals surface area contributed by atoms with E-state index in [1.165, 1.54) is 5.56 Å². The van der Waals surface area contributed by atoms with E-state index in [0.29, 0.717) is 25.4 Å². The Labute approximate surface area is 150 Å². The molecule has 0 spiro atoms. The van der Waals surface area contributed by atoms with Crippen LogP contribution in [0.3, 0.4) is 0 Å². The third-order valence-corrected chi connectivity index (χ3v) is 5.70. The summed E-state index contributed by atoms with van der Waals surface area (Å²) < 4.78 is 0. The van der Waals surface area contributed by atoms with Gasteiger partial charge in [-0.15, -0.1) is 0 Å². The van der Waals surface area contributed by atoms with E-state index in [-0.39, 0.29) is 0 Å². The third-order valence-electron chi connectivity index (χ3n) is 5.44. The number of rotatable bonds is 8. The van der Waals surface area contributed by atoms with Crippen molar-refractivity contribution < 1.29 is 9.90 Å². The first-order valence-electron chi connectivity index (χ1n) is 8.92. The molecule has 0 unspecified atom stereocenters. The maximum absolute atomic E-state index is 11.6. The van der Waals surface area contributed by atoms with Gasteiger partial charge in [0.15, 0.2) is 0 Å². The van der Waals surface area contributed by atoms with E-state index >= 15 is 0 Å². The summed E-state index contributed by atoms with van der Waals surface area (Å²) in [6.45, 7) is 7.53. The van der Waals surface area contributed by atoms with Gasteiger partial charge in [-0.1, -0.05) is 37.6 Å². The molecule has 1 aliphatic rings. The van der Waals surface area contributed by atoms with Gasteiger partial charge in [0.25, 0.3) is 0 Å². The van der Waals surface area contributed by atoms with Gasteiger partial charge in [-0.05, 0) is 56.5 Å². The first kappa shape index (κ1) is 19.2. The standard InChI is InChI=1S/C19H29ClN2O2/c1-3-19(4-2,18(23)24)14-21-17-9-11-22(12-10-17)13-15-5-7-16(20)8-6-15/h5-8,17,21H,3-4,9-14H2,1-2H3,(H,23,24). The monoisotopic (exact) mass is 352 g/mol. The van der Waals surface area contributed by atoms with Gasteiger partial charge in [0.05, 0.1) is 5.41 Å². The van der Waals surface area contributed by atoms with Crippen LogP contribution < -0.4 is 5.32 Å². The van der Waals surface area contributed by atoms with Gasteiger partial charge >= 0.3 is 5.97 Å².